The van der Waals surface area contributed by atoms with Gasteiger partial charge in [0, 0.05) is 13.3 Å². The van der Waals surface area contributed by atoms with Crippen LogP contribution in [0, 0.1) is 0 Å². The Morgan fingerprint density at radius 3 is 2.35 bits per heavy atom. The van der Waals surface area contributed by atoms with Gasteiger partial charge in [-0.3, -0.25) is 9.69 Å². The number of carbonyl (C=O) groups is 3. The minimum atomic E-state index is -1.32. The van der Waals surface area contributed by atoms with Crippen LogP contribution in [0.1, 0.15) is 61.3 Å². The second kappa shape index (κ2) is 8.22. The van der Waals surface area contributed by atoms with E-state index in [1.807, 2.05) is 0 Å². The second-order valence-electron chi connectivity index (χ2n) is 9.48. The molecular weight excluding hydrogens is 410 g/mol. The first kappa shape index (κ1) is 23.7. The average Bonchev–Trinajstić information content (AvgIpc) is 3.23. The van der Waals surface area contributed by atoms with Crippen molar-refractivity contribution in [1.82, 2.24) is 4.90 Å². The van der Waals surface area contributed by atoms with E-state index in [1.54, 1.807) is 41.5 Å². The summed E-state index contributed by atoms with van der Waals surface area (Å²) in [5.74, 6) is -1.94. The van der Waals surface area contributed by atoms with E-state index in [1.165, 1.54) is 11.8 Å². The van der Waals surface area contributed by atoms with Crippen molar-refractivity contribution in [3.8, 4) is 0 Å². The van der Waals surface area contributed by atoms with Crippen LogP contribution in [0.5, 0.6) is 0 Å². The number of hydrogen-bond acceptors (Lipinski definition) is 9. The number of amides is 1. The summed E-state index contributed by atoms with van der Waals surface area (Å²) in [6, 6.07) is -0.893. The number of likely N-dealkylation sites (tertiary alicyclic amines) is 1. The summed E-state index contributed by atoms with van der Waals surface area (Å²) in [5, 5.41) is 0. The molecule has 0 saturated carbocycles. The zero-order valence-corrected chi connectivity index (χ0v) is 19.3. The van der Waals surface area contributed by atoms with Gasteiger partial charge in [-0.05, 0) is 48.0 Å². The molecule has 31 heavy (non-hydrogen) atoms. The summed E-state index contributed by atoms with van der Waals surface area (Å²) >= 11 is 0. The van der Waals surface area contributed by atoms with Crippen molar-refractivity contribution in [2.45, 2.75) is 103 Å². The molecule has 10 heteroatoms. The molecule has 0 aromatic heterocycles. The van der Waals surface area contributed by atoms with Gasteiger partial charge in [-0.1, -0.05) is 0 Å². The largest absolute Gasteiger partial charge is 0.464 e. The Morgan fingerprint density at radius 2 is 1.77 bits per heavy atom. The number of esters is 2. The third-order valence-corrected chi connectivity index (χ3v) is 5.39. The van der Waals surface area contributed by atoms with Crippen LogP contribution < -0.4 is 0 Å². The molecule has 0 aromatic carbocycles. The van der Waals surface area contributed by atoms with E-state index in [0.717, 1.165) is 0 Å². The van der Waals surface area contributed by atoms with Gasteiger partial charge in [-0.2, -0.15) is 0 Å². The van der Waals surface area contributed by atoms with Crippen LogP contribution in [-0.4, -0.2) is 77.6 Å². The van der Waals surface area contributed by atoms with Crippen molar-refractivity contribution < 1.29 is 42.8 Å². The molecule has 3 aliphatic heterocycles. The molecule has 3 rings (SSSR count). The summed E-state index contributed by atoms with van der Waals surface area (Å²) in [4.78, 5) is 38.7. The van der Waals surface area contributed by atoms with Crippen LogP contribution in [0.25, 0.3) is 0 Å². The fourth-order valence-corrected chi connectivity index (χ4v) is 4.44. The lowest BCUT2D eigenvalue weighted by Gasteiger charge is -2.40. The van der Waals surface area contributed by atoms with Crippen LogP contribution in [-0.2, 0) is 38.0 Å². The Morgan fingerprint density at radius 1 is 1.10 bits per heavy atom. The Bertz CT molecular complexity index is 731. The molecule has 3 aliphatic rings. The fraction of sp³-hybridized carbons (Fsp3) is 0.857. The number of fused-ring (bicyclic) bond motifs is 2. The lowest BCUT2D eigenvalue weighted by molar-refractivity contribution is -0.240. The van der Waals surface area contributed by atoms with Crippen molar-refractivity contribution in [3.63, 3.8) is 0 Å². The van der Waals surface area contributed by atoms with Gasteiger partial charge in [-0.15, -0.1) is 0 Å². The van der Waals surface area contributed by atoms with Crippen LogP contribution in [0.4, 0.5) is 4.79 Å². The molecule has 3 heterocycles. The number of ether oxygens (including phenoxy) is 6. The standard InChI is InChI=1S/C21H33NO9/c1-8-26-17(24)13-9-10-21(22(13)18(25)31-19(3,4)5)16-15(29-20(6,7)30-16)14(28-21)11-27-12(2)23/h13-16H,8-11H2,1-7H3/t13-,14+,15+,16+,21+/m0/s1. The monoisotopic (exact) mass is 443 g/mol. The van der Waals surface area contributed by atoms with Crippen molar-refractivity contribution in [3.05, 3.63) is 0 Å². The third-order valence-electron chi connectivity index (χ3n) is 5.39. The van der Waals surface area contributed by atoms with Crippen LogP contribution in [0.15, 0.2) is 0 Å². The molecule has 1 spiro atoms. The van der Waals surface area contributed by atoms with Crippen LogP contribution >= 0.6 is 0 Å². The van der Waals surface area contributed by atoms with Gasteiger partial charge < -0.3 is 28.4 Å². The maximum Gasteiger partial charge on any atom is 0.413 e. The SMILES string of the molecule is CCOC(=O)[C@@H]1CC[C@]2(O[C@H](COC(C)=O)[C@H]3OC(C)(C)O[C@H]32)N1C(=O)OC(C)(C)C. The van der Waals surface area contributed by atoms with E-state index in [4.69, 9.17) is 28.4 Å². The van der Waals surface area contributed by atoms with Crippen molar-refractivity contribution in [2.75, 3.05) is 13.2 Å². The number of hydrogen-bond donors (Lipinski definition) is 0. The molecule has 1 amide bonds. The molecule has 0 bridgehead atoms. The first-order chi connectivity index (χ1) is 14.3. The maximum absolute atomic E-state index is 13.3. The number of nitrogens with zero attached hydrogens (tertiary/aromatic N) is 1. The lowest BCUT2D eigenvalue weighted by Crippen LogP contribution is -2.60. The van der Waals surface area contributed by atoms with Crippen molar-refractivity contribution in [1.29, 1.82) is 0 Å². The zero-order valence-electron chi connectivity index (χ0n) is 19.3. The fourth-order valence-electron chi connectivity index (χ4n) is 4.44. The minimum absolute atomic E-state index is 0.0656. The van der Waals surface area contributed by atoms with Crippen molar-refractivity contribution >= 4 is 18.0 Å². The van der Waals surface area contributed by atoms with Gasteiger partial charge in [0.25, 0.3) is 0 Å². The van der Waals surface area contributed by atoms with Crippen LogP contribution in [0.2, 0.25) is 0 Å². The highest BCUT2D eigenvalue weighted by atomic mass is 16.8. The topological polar surface area (TPSA) is 110 Å². The Hall–Kier alpha value is -1.91. The molecule has 0 aromatic rings. The number of rotatable bonds is 4. The van der Waals surface area contributed by atoms with E-state index < -0.39 is 59.5 Å². The predicted octanol–water partition coefficient (Wildman–Crippen LogP) is 2.13. The smallest absolute Gasteiger partial charge is 0.413 e. The highest BCUT2D eigenvalue weighted by Gasteiger charge is 2.70. The quantitative estimate of drug-likeness (QED) is 0.477. The predicted molar refractivity (Wildman–Crippen MR) is 106 cm³/mol. The first-order valence-electron chi connectivity index (χ1n) is 10.7. The number of carbonyl (C=O) groups excluding carboxylic acids is 3. The van der Waals surface area contributed by atoms with Gasteiger partial charge in [0.05, 0.1) is 6.61 Å². The van der Waals surface area contributed by atoms with Crippen molar-refractivity contribution in [2.24, 2.45) is 0 Å². The summed E-state index contributed by atoms with van der Waals surface area (Å²) in [6.07, 6.45) is -2.06. The maximum atomic E-state index is 13.3. The van der Waals surface area contributed by atoms with E-state index >= 15 is 0 Å². The first-order valence-corrected chi connectivity index (χ1v) is 10.7. The van der Waals surface area contributed by atoms with Gasteiger partial charge in [-0.25, -0.2) is 9.59 Å². The highest BCUT2D eigenvalue weighted by molar-refractivity contribution is 5.83. The molecule has 3 saturated heterocycles. The Kier molecular flexibility index (Phi) is 6.29. The van der Waals surface area contributed by atoms with Crippen LogP contribution in [0.3, 0.4) is 0 Å². The van der Waals surface area contributed by atoms with E-state index in [9.17, 15) is 14.4 Å². The van der Waals surface area contributed by atoms with E-state index in [2.05, 4.69) is 0 Å². The second-order valence-corrected chi connectivity index (χ2v) is 9.48. The third kappa shape index (κ3) is 4.65. The molecule has 0 N–H and O–H groups in total. The molecule has 0 aliphatic carbocycles. The van der Waals surface area contributed by atoms with Gasteiger partial charge in [0.1, 0.15) is 36.6 Å². The average molecular weight is 443 g/mol. The summed E-state index contributed by atoms with van der Waals surface area (Å²) in [7, 11) is 0. The summed E-state index contributed by atoms with van der Waals surface area (Å²) < 4.78 is 34.5. The van der Waals surface area contributed by atoms with Gasteiger partial charge >= 0.3 is 18.0 Å². The molecule has 0 unspecified atom stereocenters. The zero-order chi connectivity index (χ0) is 23.2. The molecule has 3 fully saturated rings. The van der Waals surface area contributed by atoms with Gasteiger partial charge in [0.15, 0.2) is 11.5 Å². The highest BCUT2D eigenvalue weighted by Crippen LogP contribution is 2.52. The molecular formula is C21H33NO9. The van der Waals surface area contributed by atoms with Gasteiger partial charge in [0.2, 0.25) is 0 Å². The van der Waals surface area contributed by atoms with E-state index in [0.29, 0.717) is 12.8 Å². The molecule has 5 atom stereocenters. The summed E-state index contributed by atoms with van der Waals surface area (Å²) in [6.45, 7) is 11.9. The molecule has 0 radical (unpaired) electrons. The Labute approximate surface area is 182 Å². The summed E-state index contributed by atoms with van der Waals surface area (Å²) in [5.41, 5.74) is -2.11. The molecule has 176 valence electrons. The van der Waals surface area contributed by atoms with E-state index in [-0.39, 0.29) is 13.2 Å². The lowest BCUT2D eigenvalue weighted by atomic mass is 10.0. The molecule has 10 nitrogen and oxygen atoms in total. The normalized spacial score (nSPS) is 34.0. The minimum Gasteiger partial charge on any atom is -0.464 e. The Balaban J connectivity index is 1.99.